The molecule has 98 valence electrons. The summed E-state index contributed by atoms with van der Waals surface area (Å²) in [5.41, 5.74) is 0.0552. The Morgan fingerprint density at radius 1 is 1.28 bits per heavy atom. The molecule has 4 nitrogen and oxygen atoms in total. The number of ether oxygens (including phenoxy) is 2. The van der Waals surface area contributed by atoms with Crippen molar-refractivity contribution in [3.05, 3.63) is 12.4 Å². The van der Waals surface area contributed by atoms with E-state index in [1.54, 1.807) is 13.0 Å². The second-order valence-corrected chi connectivity index (χ2v) is 5.06. The molecule has 0 unspecified atom stereocenters. The van der Waals surface area contributed by atoms with E-state index in [1.165, 1.54) is 6.33 Å². The monoisotopic (exact) mass is 312 g/mol. The van der Waals surface area contributed by atoms with Crippen LogP contribution >= 0.6 is 15.9 Å². The van der Waals surface area contributed by atoms with Gasteiger partial charge in [-0.15, -0.1) is 5.92 Å². The summed E-state index contributed by atoms with van der Waals surface area (Å²) in [6.45, 7) is 6.87. The van der Waals surface area contributed by atoms with E-state index < -0.39 is 0 Å². The molecule has 0 N–H and O–H groups in total. The molecule has 0 aromatic carbocycles. The maximum atomic E-state index is 5.61. The number of halogens is 1. The van der Waals surface area contributed by atoms with Gasteiger partial charge in [0, 0.05) is 10.7 Å². The van der Waals surface area contributed by atoms with Crippen molar-refractivity contribution in [1.29, 1.82) is 0 Å². The first-order chi connectivity index (χ1) is 8.57. The largest absolute Gasteiger partial charge is 0.477 e. The lowest BCUT2D eigenvalue weighted by Crippen LogP contribution is -2.23. The van der Waals surface area contributed by atoms with E-state index in [9.17, 15) is 0 Å². The van der Waals surface area contributed by atoms with Crippen molar-refractivity contribution in [3.8, 4) is 23.6 Å². The summed E-state index contributed by atoms with van der Waals surface area (Å²) in [6.07, 6.45) is 1.42. The second-order valence-electron chi connectivity index (χ2n) is 4.50. The molecule has 1 aromatic rings. The third-order valence-electron chi connectivity index (χ3n) is 2.06. The van der Waals surface area contributed by atoms with Crippen LogP contribution in [0.5, 0.6) is 11.8 Å². The van der Waals surface area contributed by atoms with E-state index in [-0.39, 0.29) is 5.41 Å². The summed E-state index contributed by atoms with van der Waals surface area (Å²) in [4.78, 5) is 8.03. The molecule has 1 heterocycles. The van der Waals surface area contributed by atoms with Crippen molar-refractivity contribution >= 4 is 15.9 Å². The predicted octanol–water partition coefficient (Wildman–Crippen LogP) is 2.68. The normalized spacial score (nSPS) is 10.4. The average molecular weight is 313 g/mol. The number of nitrogens with zero attached hydrogens (tertiary/aromatic N) is 2. The highest BCUT2D eigenvalue weighted by Gasteiger charge is 2.17. The molecule has 5 heteroatoms. The standard InChI is InChI=1S/C13H17BrN2O2/c1-4-5-6-17-11-7-12(16-10-15-11)18-9-13(2,3)8-14/h7,10H,6,8-9H2,1-3H3. The second kappa shape index (κ2) is 7.22. The van der Waals surface area contributed by atoms with E-state index in [0.29, 0.717) is 25.0 Å². The van der Waals surface area contributed by atoms with Crippen molar-refractivity contribution in [2.24, 2.45) is 5.41 Å². The summed E-state index contributed by atoms with van der Waals surface area (Å²) in [6, 6.07) is 1.67. The highest BCUT2D eigenvalue weighted by Crippen LogP contribution is 2.20. The molecular weight excluding hydrogens is 296 g/mol. The molecule has 0 spiro atoms. The fourth-order valence-electron chi connectivity index (χ4n) is 0.971. The summed E-state index contributed by atoms with van der Waals surface area (Å²) in [5, 5.41) is 0.862. The molecule has 0 bridgehead atoms. The van der Waals surface area contributed by atoms with E-state index in [2.05, 4.69) is 51.6 Å². The first kappa shape index (κ1) is 14.8. The van der Waals surface area contributed by atoms with Crippen LogP contribution < -0.4 is 9.47 Å². The van der Waals surface area contributed by atoms with Gasteiger partial charge in [0.05, 0.1) is 12.7 Å². The zero-order chi connectivity index (χ0) is 13.4. The van der Waals surface area contributed by atoms with E-state index >= 15 is 0 Å². The van der Waals surface area contributed by atoms with Crippen LogP contribution in [0.1, 0.15) is 20.8 Å². The zero-order valence-corrected chi connectivity index (χ0v) is 12.5. The minimum atomic E-state index is 0.0552. The van der Waals surface area contributed by atoms with Crippen LogP contribution in [0.2, 0.25) is 0 Å². The molecule has 1 aromatic heterocycles. The van der Waals surface area contributed by atoms with Gasteiger partial charge in [-0.25, -0.2) is 9.97 Å². The molecule has 18 heavy (non-hydrogen) atoms. The summed E-state index contributed by atoms with van der Waals surface area (Å²) in [5.74, 6) is 6.54. The Bertz CT molecular complexity index is 438. The molecule has 0 saturated heterocycles. The molecule has 0 aliphatic carbocycles. The molecular formula is C13H17BrN2O2. The fourth-order valence-corrected chi connectivity index (χ4v) is 1.13. The van der Waals surface area contributed by atoms with Crippen LogP contribution in [0.15, 0.2) is 12.4 Å². The highest BCUT2D eigenvalue weighted by atomic mass is 79.9. The molecule has 1 rings (SSSR count). The highest BCUT2D eigenvalue weighted by molar-refractivity contribution is 9.09. The average Bonchev–Trinajstić information content (AvgIpc) is 2.38. The summed E-state index contributed by atoms with van der Waals surface area (Å²) in [7, 11) is 0. The number of hydrogen-bond acceptors (Lipinski definition) is 4. The lowest BCUT2D eigenvalue weighted by atomic mass is 9.99. The van der Waals surface area contributed by atoms with Crippen molar-refractivity contribution in [2.45, 2.75) is 20.8 Å². The van der Waals surface area contributed by atoms with Gasteiger partial charge in [0.25, 0.3) is 0 Å². The summed E-state index contributed by atoms with van der Waals surface area (Å²) < 4.78 is 10.9. The molecule has 0 aliphatic rings. The quantitative estimate of drug-likeness (QED) is 0.598. The maximum Gasteiger partial charge on any atom is 0.221 e. The smallest absolute Gasteiger partial charge is 0.221 e. The van der Waals surface area contributed by atoms with Crippen molar-refractivity contribution < 1.29 is 9.47 Å². The third kappa shape index (κ3) is 5.37. The molecule has 0 radical (unpaired) electrons. The Balaban J connectivity index is 2.55. The topological polar surface area (TPSA) is 44.2 Å². The molecule has 0 aliphatic heterocycles. The van der Waals surface area contributed by atoms with Gasteiger partial charge in [0.1, 0.15) is 6.33 Å². The van der Waals surface area contributed by atoms with Gasteiger partial charge in [0.15, 0.2) is 6.61 Å². The third-order valence-corrected chi connectivity index (χ3v) is 3.58. The van der Waals surface area contributed by atoms with Crippen LogP contribution in [-0.2, 0) is 0 Å². The maximum absolute atomic E-state index is 5.61. The van der Waals surface area contributed by atoms with Gasteiger partial charge >= 0.3 is 0 Å². The van der Waals surface area contributed by atoms with Crippen LogP contribution in [0.3, 0.4) is 0 Å². The Labute approximate surface area is 116 Å². The lowest BCUT2D eigenvalue weighted by Gasteiger charge is -2.21. The number of aromatic nitrogens is 2. The molecule has 0 saturated carbocycles. The predicted molar refractivity (Wildman–Crippen MR) is 74.0 cm³/mol. The van der Waals surface area contributed by atoms with Gasteiger partial charge in [-0.1, -0.05) is 35.7 Å². The molecule has 0 amide bonds. The minimum Gasteiger partial charge on any atom is -0.477 e. The number of hydrogen-bond donors (Lipinski definition) is 0. The number of rotatable bonds is 6. The summed E-state index contributed by atoms with van der Waals surface area (Å²) >= 11 is 3.45. The minimum absolute atomic E-state index is 0.0552. The Kier molecular flexibility index (Phi) is 5.93. The van der Waals surface area contributed by atoms with Crippen molar-refractivity contribution in [2.75, 3.05) is 18.5 Å². The van der Waals surface area contributed by atoms with E-state index in [4.69, 9.17) is 9.47 Å². The van der Waals surface area contributed by atoms with Gasteiger partial charge in [0.2, 0.25) is 11.8 Å². The first-order valence-electron chi connectivity index (χ1n) is 5.60. The van der Waals surface area contributed by atoms with E-state index in [1.807, 2.05) is 0 Å². The molecule has 0 fully saturated rings. The molecule has 0 atom stereocenters. The van der Waals surface area contributed by atoms with Crippen molar-refractivity contribution in [3.63, 3.8) is 0 Å². The Morgan fingerprint density at radius 2 is 1.94 bits per heavy atom. The van der Waals surface area contributed by atoms with Crippen LogP contribution in [0, 0.1) is 17.3 Å². The van der Waals surface area contributed by atoms with Gasteiger partial charge in [-0.05, 0) is 6.92 Å². The van der Waals surface area contributed by atoms with Gasteiger partial charge in [-0.2, -0.15) is 0 Å². The lowest BCUT2D eigenvalue weighted by molar-refractivity contribution is 0.195. The van der Waals surface area contributed by atoms with Crippen LogP contribution in [0.4, 0.5) is 0 Å². The van der Waals surface area contributed by atoms with Gasteiger partial charge < -0.3 is 9.47 Å². The van der Waals surface area contributed by atoms with E-state index in [0.717, 1.165) is 5.33 Å². The first-order valence-corrected chi connectivity index (χ1v) is 6.73. The fraction of sp³-hybridized carbons (Fsp3) is 0.538. The number of alkyl halides is 1. The van der Waals surface area contributed by atoms with Crippen LogP contribution in [-0.4, -0.2) is 28.5 Å². The van der Waals surface area contributed by atoms with Crippen molar-refractivity contribution in [1.82, 2.24) is 9.97 Å². The Hall–Kier alpha value is -1.28. The zero-order valence-electron chi connectivity index (χ0n) is 10.9. The Morgan fingerprint density at radius 3 is 2.56 bits per heavy atom. The van der Waals surface area contributed by atoms with Crippen LogP contribution in [0.25, 0.3) is 0 Å². The van der Waals surface area contributed by atoms with Gasteiger partial charge in [-0.3, -0.25) is 0 Å². The SMILES string of the molecule is CC#CCOc1cc(OCC(C)(C)CBr)ncn1.